The van der Waals surface area contributed by atoms with E-state index in [0.29, 0.717) is 6.54 Å². The van der Waals surface area contributed by atoms with Crippen molar-refractivity contribution < 1.29 is 8.42 Å². The van der Waals surface area contributed by atoms with Crippen LogP contribution in [-0.2, 0) is 16.6 Å². The molecule has 1 atom stereocenters. The molecule has 0 saturated carbocycles. The SMILES string of the molecule is Cc1ccccc1C(C)NCc1ccc(S(N)(=O)=O)cc1. The third-order valence-corrected chi connectivity index (χ3v) is 4.45. The molecule has 2 rings (SSSR count). The Hall–Kier alpha value is -1.69. The third kappa shape index (κ3) is 4.14. The molecule has 112 valence electrons. The van der Waals surface area contributed by atoms with Crippen molar-refractivity contribution in [1.82, 2.24) is 5.32 Å². The van der Waals surface area contributed by atoms with Crippen molar-refractivity contribution in [3.05, 3.63) is 65.2 Å². The molecule has 0 bridgehead atoms. The summed E-state index contributed by atoms with van der Waals surface area (Å²) >= 11 is 0. The highest BCUT2D eigenvalue weighted by atomic mass is 32.2. The lowest BCUT2D eigenvalue weighted by Gasteiger charge is -2.16. The number of hydrogen-bond acceptors (Lipinski definition) is 3. The van der Waals surface area contributed by atoms with Crippen LogP contribution in [0.15, 0.2) is 53.4 Å². The fraction of sp³-hybridized carbons (Fsp3) is 0.250. The van der Waals surface area contributed by atoms with E-state index in [4.69, 9.17) is 5.14 Å². The number of nitrogens with two attached hydrogens (primary N) is 1. The maximum Gasteiger partial charge on any atom is 0.238 e. The summed E-state index contributed by atoms with van der Waals surface area (Å²) in [5.74, 6) is 0. The van der Waals surface area contributed by atoms with Crippen molar-refractivity contribution in [1.29, 1.82) is 0 Å². The number of hydrogen-bond donors (Lipinski definition) is 2. The molecule has 2 aromatic rings. The Labute approximate surface area is 126 Å². The van der Waals surface area contributed by atoms with Crippen LogP contribution in [-0.4, -0.2) is 8.42 Å². The van der Waals surface area contributed by atoms with Crippen LogP contribution in [0.2, 0.25) is 0 Å². The van der Waals surface area contributed by atoms with Gasteiger partial charge in [0.1, 0.15) is 0 Å². The van der Waals surface area contributed by atoms with E-state index in [1.165, 1.54) is 23.3 Å². The van der Waals surface area contributed by atoms with Gasteiger partial charge in [0, 0.05) is 12.6 Å². The number of aryl methyl sites for hydroxylation is 1. The molecular weight excluding hydrogens is 284 g/mol. The zero-order valence-corrected chi connectivity index (χ0v) is 13.0. The van der Waals surface area contributed by atoms with Crippen LogP contribution in [0.25, 0.3) is 0 Å². The Balaban J connectivity index is 2.02. The normalized spacial score (nSPS) is 13.1. The van der Waals surface area contributed by atoms with Gasteiger partial charge in [0.05, 0.1) is 4.90 Å². The average Bonchev–Trinajstić information content (AvgIpc) is 2.45. The van der Waals surface area contributed by atoms with Crippen molar-refractivity contribution in [2.45, 2.75) is 31.3 Å². The van der Waals surface area contributed by atoms with E-state index >= 15 is 0 Å². The molecule has 0 aliphatic rings. The van der Waals surface area contributed by atoms with Crippen LogP contribution >= 0.6 is 0 Å². The van der Waals surface area contributed by atoms with Gasteiger partial charge in [-0.25, -0.2) is 13.6 Å². The predicted octanol–water partition coefficient (Wildman–Crippen LogP) is 2.49. The monoisotopic (exact) mass is 304 g/mol. The Morgan fingerprint density at radius 1 is 1.10 bits per heavy atom. The van der Waals surface area contributed by atoms with Gasteiger partial charge >= 0.3 is 0 Å². The molecular formula is C16H20N2O2S. The maximum atomic E-state index is 11.2. The number of rotatable bonds is 5. The second kappa shape index (κ2) is 6.39. The number of nitrogens with one attached hydrogen (secondary N) is 1. The highest BCUT2D eigenvalue weighted by molar-refractivity contribution is 7.89. The van der Waals surface area contributed by atoms with Gasteiger partial charge in [-0.15, -0.1) is 0 Å². The number of benzene rings is 2. The summed E-state index contributed by atoms with van der Waals surface area (Å²) in [6.45, 7) is 4.87. The van der Waals surface area contributed by atoms with E-state index in [-0.39, 0.29) is 10.9 Å². The first-order chi connectivity index (χ1) is 9.88. The Morgan fingerprint density at radius 2 is 1.71 bits per heavy atom. The van der Waals surface area contributed by atoms with Crippen LogP contribution in [0.3, 0.4) is 0 Å². The molecule has 4 nitrogen and oxygen atoms in total. The Bertz CT molecular complexity index is 709. The molecule has 2 aromatic carbocycles. The Kier molecular flexibility index (Phi) is 4.77. The van der Waals surface area contributed by atoms with E-state index in [1.54, 1.807) is 12.1 Å². The molecule has 0 aromatic heterocycles. The molecule has 0 amide bonds. The molecule has 0 radical (unpaired) electrons. The molecule has 0 heterocycles. The lowest BCUT2D eigenvalue weighted by molar-refractivity contribution is 0.572. The van der Waals surface area contributed by atoms with Crippen molar-refractivity contribution in [2.24, 2.45) is 5.14 Å². The first-order valence-corrected chi connectivity index (χ1v) is 8.33. The van der Waals surface area contributed by atoms with Crippen LogP contribution in [0.5, 0.6) is 0 Å². The van der Waals surface area contributed by atoms with Gasteiger partial charge in [0.15, 0.2) is 0 Å². The molecule has 21 heavy (non-hydrogen) atoms. The fourth-order valence-corrected chi connectivity index (χ4v) is 2.77. The van der Waals surface area contributed by atoms with Crippen LogP contribution in [0.1, 0.15) is 29.7 Å². The number of sulfonamides is 1. The van der Waals surface area contributed by atoms with Crippen molar-refractivity contribution >= 4 is 10.0 Å². The first-order valence-electron chi connectivity index (χ1n) is 6.78. The average molecular weight is 304 g/mol. The van der Waals surface area contributed by atoms with E-state index in [1.807, 2.05) is 12.1 Å². The third-order valence-electron chi connectivity index (χ3n) is 3.52. The topological polar surface area (TPSA) is 72.2 Å². The smallest absolute Gasteiger partial charge is 0.238 e. The fourth-order valence-electron chi connectivity index (χ4n) is 2.25. The van der Waals surface area contributed by atoms with Gasteiger partial charge in [-0.1, -0.05) is 36.4 Å². The van der Waals surface area contributed by atoms with Gasteiger partial charge in [-0.2, -0.15) is 0 Å². The minimum absolute atomic E-state index is 0.137. The summed E-state index contributed by atoms with van der Waals surface area (Å²) in [7, 11) is -3.62. The quantitative estimate of drug-likeness (QED) is 0.891. The van der Waals surface area contributed by atoms with Gasteiger partial charge in [0.25, 0.3) is 0 Å². The van der Waals surface area contributed by atoms with Gasteiger partial charge in [-0.05, 0) is 42.7 Å². The Morgan fingerprint density at radius 3 is 2.29 bits per heavy atom. The highest BCUT2D eigenvalue weighted by Crippen LogP contribution is 2.17. The van der Waals surface area contributed by atoms with Gasteiger partial charge in [-0.3, -0.25) is 0 Å². The summed E-state index contributed by atoms with van der Waals surface area (Å²) in [6, 6.07) is 15.1. The molecule has 3 N–H and O–H groups in total. The summed E-state index contributed by atoms with van der Waals surface area (Å²) in [5, 5.41) is 8.51. The lowest BCUT2D eigenvalue weighted by atomic mass is 10.0. The van der Waals surface area contributed by atoms with Crippen molar-refractivity contribution in [3.63, 3.8) is 0 Å². The van der Waals surface area contributed by atoms with E-state index in [9.17, 15) is 8.42 Å². The lowest BCUT2D eigenvalue weighted by Crippen LogP contribution is -2.19. The second-order valence-electron chi connectivity index (χ2n) is 5.15. The van der Waals surface area contributed by atoms with Crippen molar-refractivity contribution in [3.8, 4) is 0 Å². The standard InChI is InChI=1S/C16H20N2O2S/c1-12-5-3-4-6-16(12)13(2)18-11-14-7-9-15(10-8-14)21(17,19)20/h3-10,13,18H,11H2,1-2H3,(H2,17,19,20). The van der Waals surface area contributed by atoms with E-state index < -0.39 is 10.0 Å². The van der Waals surface area contributed by atoms with Crippen LogP contribution in [0.4, 0.5) is 0 Å². The minimum Gasteiger partial charge on any atom is -0.306 e. The number of primary sulfonamides is 1. The summed E-state index contributed by atoms with van der Waals surface area (Å²) in [4.78, 5) is 0.137. The summed E-state index contributed by atoms with van der Waals surface area (Å²) in [5.41, 5.74) is 3.53. The minimum atomic E-state index is -3.62. The molecule has 0 spiro atoms. The zero-order chi connectivity index (χ0) is 15.5. The molecule has 0 fully saturated rings. The maximum absolute atomic E-state index is 11.2. The zero-order valence-electron chi connectivity index (χ0n) is 12.2. The van der Waals surface area contributed by atoms with Crippen molar-refractivity contribution in [2.75, 3.05) is 0 Å². The molecule has 0 saturated heterocycles. The molecule has 0 aliphatic heterocycles. The molecule has 5 heteroatoms. The summed E-state index contributed by atoms with van der Waals surface area (Å²) in [6.07, 6.45) is 0. The van der Waals surface area contributed by atoms with Crippen LogP contribution in [0, 0.1) is 6.92 Å². The van der Waals surface area contributed by atoms with E-state index in [2.05, 4.69) is 31.3 Å². The van der Waals surface area contributed by atoms with Gasteiger partial charge in [0.2, 0.25) is 10.0 Å². The summed E-state index contributed by atoms with van der Waals surface area (Å²) < 4.78 is 22.4. The largest absolute Gasteiger partial charge is 0.306 e. The van der Waals surface area contributed by atoms with E-state index in [0.717, 1.165) is 5.56 Å². The second-order valence-corrected chi connectivity index (χ2v) is 6.71. The predicted molar refractivity (Wildman–Crippen MR) is 84.2 cm³/mol. The van der Waals surface area contributed by atoms with Crippen LogP contribution < -0.4 is 10.5 Å². The van der Waals surface area contributed by atoms with Gasteiger partial charge < -0.3 is 5.32 Å². The molecule has 0 aliphatic carbocycles. The molecule has 1 unspecified atom stereocenters. The first kappa shape index (κ1) is 15.7. The highest BCUT2D eigenvalue weighted by Gasteiger charge is 2.09.